The van der Waals surface area contributed by atoms with Crippen molar-refractivity contribution in [2.75, 3.05) is 12.4 Å². The molecule has 0 amide bonds. The summed E-state index contributed by atoms with van der Waals surface area (Å²) in [7, 11) is 0. The van der Waals surface area contributed by atoms with Crippen molar-refractivity contribution in [2.24, 2.45) is 4.99 Å². The number of aliphatic hydroxyl groups is 1. The molecule has 0 aromatic carbocycles. The summed E-state index contributed by atoms with van der Waals surface area (Å²) in [6.45, 7) is 2.41. The first-order valence-electron chi connectivity index (χ1n) is 3.55. The monoisotopic (exact) mass is 159 g/mol. The molecule has 0 saturated heterocycles. The molecule has 2 nitrogen and oxygen atoms in total. The highest BCUT2D eigenvalue weighted by Gasteiger charge is 2.25. The molecule has 0 radical (unpaired) electrons. The summed E-state index contributed by atoms with van der Waals surface area (Å²) in [5, 5.41) is 8.58. The van der Waals surface area contributed by atoms with Crippen LogP contribution in [-0.4, -0.2) is 28.6 Å². The average molecular weight is 159 g/mol. The first-order chi connectivity index (χ1) is 4.77. The van der Waals surface area contributed by atoms with Gasteiger partial charge in [0, 0.05) is 18.6 Å². The van der Waals surface area contributed by atoms with Gasteiger partial charge in [0.15, 0.2) is 0 Å². The Morgan fingerprint density at radius 1 is 1.80 bits per heavy atom. The van der Waals surface area contributed by atoms with Crippen LogP contribution in [0, 0.1) is 0 Å². The molecule has 10 heavy (non-hydrogen) atoms. The molecular weight excluding hydrogens is 146 g/mol. The Bertz CT molecular complexity index is 138. The quantitative estimate of drug-likeness (QED) is 0.673. The van der Waals surface area contributed by atoms with Crippen LogP contribution in [-0.2, 0) is 0 Å². The largest absolute Gasteiger partial charge is 0.396 e. The maximum Gasteiger partial charge on any atom is 0.103 e. The van der Waals surface area contributed by atoms with E-state index >= 15 is 0 Å². The zero-order valence-electron chi connectivity index (χ0n) is 6.21. The van der Waals surface area contributed by atoms with Gasteiger partial charge in [-0.2, -0.15) is 0 Å². The highest BCUT2D eigenvalue weighted by Crippen LogP contribution is 2.34. The number of hydrogen-bond acceptors (Lipinski definition) is 3. The van der Waals surface area contributed by atoms with Gasteiger partial charge in [0.1, 0.15) is 4.87 Å². The first kappa shape index (κ1) is 8.08. The number of thioether (sulfide) groups is 1. The average Bonchev–Trinajstić information content (AvgIpc) is 2.33. The fourth-order valence-electron chi connectivity index (χ4n) is 1.03. The van der Waals surface area contributed by atoms with Crippen LogP contribution in [0.3, 0.4) is 0 Å². The van der Waals surface area contributed by atoms with Crippen LogP contribution < -0.4 is 0 Å². The second kappa shape index (κ2) is 3.39. The van der Waals surface area contributed by atoms with Crippen LogP contribution in [0.1, 0.15) is 19.8 Å². The van der Waals surface area contributed by atoms with Crippen molar-refractivity contribution in [1.29, 1.82) is 0 Å². The van der Waals surface area contributed by atoms with E-state index in [1.807, 2.05) is 18.0 Å². The number of nitrogens with zero attached hydrogens (tertiary/aromatic N) is 1. The summed E-state index contributed by atoms with van der Waals surface area (Å²) in [5.41, 5.74) is 0. The van der Waals surface area contributed by atoms with Gasteiger partial charge in [-0.25, -0.2) is 0 Å². The van der Waals surface area contributed by atoms with E-state index in [1.54, 1.807) is 0 Å². The molecule has 1 aliphatic rings. The number of rotatable bonds is 3. The molecule has 1 aliphatic heterocycles. The Hall–Kier alpha value is -0.0200. The summed E-state index contributed by atoms with van der Waals surface area (Å²) in [6.07, 6.45) is 3.81. The number of aliphatic imine (C=N–C) groups is 1. The zero-order chi connectivity index (χ0) is 7.45. The fraction of sp³-hybridized carbons (Fsp3) is 0.857. The summed E-state index contributed by atoms with van der Waals surface area (Å²) in [6, 6.07) is 0. The van der Waals surface area contributed by atoms with Crippen molar-refractivity contribution < 1.29 is 5.11 Å². The van der Waals surface area contributed by atoms with Crippen molar-refractivity contribution in [1.82, 2.24) is 0 Å². The van der Waals surface area contributed by atoms with Gasteiger partial charge in [0.05, 0.1) is 0 Å². The second-order valence-electron chi connectivity index (χ2n) is 2.62. The van der Waals surface area contributed by atoms with Crippen molar-refractivity contribution in [2.45, 2.75) is 24.6 Å². The molecule has 0 spiro atoms. The Labute approximate surface area is 65.7 Å². The van der Waals surface area contributed by atoms with E-state index in [9.17, 15) is 0 Å². The van der Waals surface area contributed by atoms with Crippen LogP contribution in [0.25, 0.3) is 0 Å². The molecule has 1 unspecified atom stereocenters. The molecule has 0 bridgehead atoms. The van der Waals surface area contributed by atoms with E-state index in [0.29, 0.717) is 0 Å². The van der Waals surface area contributed by atoms with Gasteiger partial charge in [0.25, 0.3) is 0 Å². The summed E-state index contributed by atoms with van der Waals surface area (Å²) < 4.78 is 0. The molecule has 0 fully saturated rings. The molecule has 58 valence electrons. The molecule has 0 aromatic heterocycles. The van der Waals surface area contributed by atoms with Gasteiger partial charge in [-0.1, -0.05) is 0 Å². The summed E-state index contributed by atoms with van der Waals surface area (Å²) in [5.74, 6) is 1.03. The minimum Gasteiger partial charge on any atom is -0.396 e. The molecule has 1 heterocycles. The van der Waals surface area contributed by atoms with Gasteiger partial charge >= 0.3 is 0 Å². The van der Waals surface area contributed by atoms with Crippen LogP contribution >= 0.6 is 11.8 Å². The van der Waals surface area contributed by atoms with Gasteiger partial charge in [0.2, 0.25) is 0 Å². The Morgan fingerprint density at radius 3 is 3.10 bits per heavy atom. The molecule has 1 atom stereocenters. The summed E-state index contributed by atoms with van der Waals surface area (Å²) >= 11 is 1.85. The third-order valence-corrected chi connectivity index (χ3v) is 2.88. The predicted molar refractivity (Wildman–Crippen MR) is 45.7 cm³/mol. The topological polar surface area (TPSA) is 32.6 Å². The van der Waals surface area contributed by atoms with Crippen LogP contribution in [0.15, 0.2) is 4.99 Å². The Morgan fingerprint density at radius 2 is 2.60 bits per heavy atom. The van der Waals surface area contributed by atoms with E-state index < -0.39 is 0 Å². The van der Waals surface area contributed by atoms with Crippen LogP contribution in [0.4, 0.5) is 0 Å². The van der Waals surface area contributed by atoms with Gasteiger partial charge < -0.3 is 5.11 Å². The van der Waals surface area contributed by atoms with Gasteiger partial charge in [-0.3, -0.25) is 4.99 Å². The highest BCUT2D eigenvalue weighted by molar-refractivity contribution is 8.01. The lowest BCUT2D eigenvalue weighted by molar-refractivity contribution is 0.279. The molecule has 1 rings (SSSR count). The fourth-order valence-corrected chi connectivity index (χ4v) is 1.97. The van der Waals surface area contributed by atoms with Crippen LogP contribution in [0.2, 0.25) is 0 Å². The predicted octanol–water partition coefficient (Wildman–Crippen LogP) is 1.29. The zero-order valence-corrected chi connectivity index (χ0v) is 7.02. The van der Waals surface area contributed by atoms with E-state index in [4.69, 9.17) is 5.11 Å². The van der Waals surface area contributed by atoms with Gasteiger partial charge in [-0.05, 0) is 19.8 Å². The van der Waals surface area contributed by atoms with Crippen molar-refractivity contribution >= 4 is 18.0 Å². The molecule has 0 aliphatic carbocycles. The molecular formula is C7H13NOS. The molecule has 0 saturated carbocycles. The normalized spacial score (nSPS) is 31.4. The summed E-state index contributed by atoms with van der Waals surface area (Å²) in [4.78, 5) is 4.40. The maximum absolute atomic E-state index is 8.58. The first-order valence-corrected chi connectivity index (χ1v) is 4.54. The SMILES string of the molecule is CC1(CCCO)N=CCS1. The van der Waals surface area contributed by atoms with Crippen molar-refractivity contribution in [3.8, 4) is 0 Å². The smallest absolute Gasteiger partial charge is 0.103 e. The Kier molecular flexibility index (Phi) is 2.74. The van der Waals surface area contributed by atoms with E-state index in [-0.39, 0.29) is 11.5 Å². The highest BCUT2D eigenvalue weighted by atomic mass is 32.2. The van der Waals surface area contributed by atoms with E-state index in [1.165, 1.54) is 0 Å². The third kappa shape index (κ3) is 1.99. The standard InChI is InChI=1S/C7H13NOS/c1-7(3-2-5-9)8-4-6-10-7/h4,9H,2-3,5-6H2,1H3. The van der Waals surface area contributed by atoms with E-state index in [0.717, 1.165) is 18.6 Å². The van der Waals surface area contributed by atoms with Crippen LogP contribution in [0.5, 0.6) is 0 Å². The molecule has 3 heteroatoms. The van der Waals surface area contributed by atoms with Crippen molar-refractivity contribution in [3.63, 3.8) is 0 Å². The molecule has 1 N–H and O–H groups in total. The Balaban J connectivity index is 2.30. The third-order valence-electron chi connectivity index (χ3n) is 1.63. The van der Waals surface area contributed by atoms with Gasteiger partial charge in [-0.15, -0.1) is 11.8 Å². The maximum atomic E-state index is 8.58. The lowest BCUT2D eigenvalue weighted by Crippen LogP contribution is -2.13. The van der Waals surface area contributed by atoms with Crippen molar-refractivity contribution in [3.05, 3.63) is 0 Å². The second-order valence-corrected chi connectivity index (χ2v) is 4.13. The number of hydrogen-bond donors (Lipinski definition) is 1. The lowest BCUT2D eigenvalue weighted by Gasteiger charge is -2.18. The lowest BCUT2D eigenvalue weighted by atomic mass is 10.2. The number of aliphatic hydroxyl groups excluding tert-OH is 1. The minimum absolute atomic E-state index is 0.0722. The minimum atomic E-state index is 0.0722. The molecule has 0 aromatic rings. The van der Waals surface area contributed by atoms with E-state index in [2.05, 4.69) is 11.9 Å².